The molecule has 4 bridgehead atoms. The van der Waals surface area contributed by atoms with E-state index in [1.807, 2.05) is 24.3 Å². The van der Waals surface area contributed by atoms with E-state index in [4.69, 9.17) is 4.74 Å². The lowest BCUT2D eigenvalue weighted by molar-refractivity contribution is -0.132. The minimum atomic E-state index is -0.323. The number of benzene rings is 2. The van der Waals surface area contributed by atoms with Crippen molar-refractivity contribution in [3.8, 4) is 11.5 Å². The number of amides is 1. The number of carbonyl (C=O) groups is 1. The first kappa shape index (κ1) is 18.7. The van der Waals surface area contributed by atoms with Crippen molar-refractivity contribution in [2.45, 2.75) is 25.7 Å². The van der Waals surface area contributed by atoms with Crippen molar-refractivity contribution in [1.82, 2.24) is 10.6 Å². The molecular formula is C21H25ClN2O2. The van der Waals surface area contributed by atoms with Crippen LogP contribution in [0.5, 0.6) is 11.5 Å². The molecule has 0 atom stereocenters. The van der Waals surface area contributed by atoms with E-state index in [1.165, 1.54) is 5.56 Å². The first-order valence-corrected chi connectivity index (χ1v) is 9.08. The van der Waals surface area contributed by atoms with Crippen LogP contribution in [-0.2, 0) is 17.6 Å². The van der Waals surface area contributed by atoms with Crippen LogP contribution in [0.3, 0.4) is 0 Å². The van der Waals surface area contributed by atoms with Crippen LogP contribution in [0.1, 0.15) is 24.0 Å². The average molecular weight is 373 g/mol. The van der Waals surface area contributed by atoms with E-state index in [-0.39, 0.29) is 23.7 Å². The van der Waals surface area contributed by atoms with E-state index in [1.54, 1.807) is 0 Å². The lowest BCUT2D eigenvalue weighted by Crippen LogP contribution is -2.49. The summed E-state index contributed by atoms with van der Waals surface area (Å²) in [4.78, 5) is 13.0. The van der Waals surface area contributed by atoms with Gasteiger partial charge in [0.1, 0.15) is 11.5 Å². The largest absolute Gasteiger partial charge is 0.457 e. The van der Waals surface area contributed by atoms with Gasteiger partial charge in [0.25, 0.3) is 0 Å². The number of hydrogen-bond donors (Lipinski definition) is 2. The zero-order valence-electron chi connectivity index (χ0n) is 14.8. The molecule has 2 aliphatic heterocycles. The second-order valence-corrected chi connectivity index (χ2v) is 7.11. The Labute approximate surface area is 160 Å². The van der Waals surface area contributed by atoms with Crippen molar-refractivity contribution in [3.63, 3.8) is 0 Å². The fourth-order valence-corrected chi connectivity index (χ4v) is 3.91. The third kappa shape index (κ3) is 4.02. The van der Waals surface area contributed by atoms with E-state index in [0.717, 1.165) is 55.8 Å². The Morgan fingerprint density at radius 2 is 1.54 bits per heavy atom. The van der Waals surface area contributed by atoms with E-state index in [0.29, 0.717) is 6.54 Å². The van der Waals surface area contributed by atoms with Crippen LogP contribution in [0.4, 0.5) is 0 Å². The van der Waals surface area contributed by atoms with Crippen LogP contribution in [-0.4, -0.2) is 25.5 Å². The van der Waals surface area contributed by atoms with Crippen LogP contribution < -0.4 is 15.4 Å². The van der Waals surface area contributed by atoms with Gasteiger partial charge in [0.2, 0.25) is 5.91 Å². The van der Waals surface area contributed by atoms with Gasteiger partial charge >= 0.3 is 0 Å². The van der Waals surface area contributed by atoms with Gasteiger partial charge in [-0.05, 0) is 74.2 Å². The van der Waals surface area contributed by atoms with Gasteiger partial charge in [-0.2, -0.15) is 0 Å². The number of carbonyl (C=O) groups excluding carboxylic acids is 1. The standard InChI is InChI=1S/C21H24N2O2.ClH/c24-20-21(8-11-22-12-9-21)15-17-4-2-6-19(14-17)25-18-5-1-3-16(13-18)7-10-23-20;/h1-6,13-14,22H,7-12,15H2,(H,23,24);1H. The predicted octanol–water partition coefficient (Wildman–Crippen LogP) is 3.49. The summed E-state index contributed by atoms with van der Waals surface area (Å²) in [5.41, 5.74) is 2.01. The highest BCUT2D eigenvalue weighted by molar-refractivity contribution is 5.85. The summed E-state index contributed by atoms with van der Waals surface area (Å²) in [6.45, 7) is 2.45. The highest BCUT2D eigenvalue weighted by Crippen LogP contribution is 2.35. The fourth-order valence-electron chi connectivity index (χ4n) is 3.91. The Morgan fingerprint density at radius 1 is 0.885 bits per heavy atom. The van der Waals surface area contributed by atoms with Crippen LogP contribution in [0, 0.1) is 5.41 Å². The summed E-state index contributed by atoms with van der Waals surface area (Å²) in [6, 6.07) is 16.3. The number of fused-ring (bicyclic) bond motifs is 4. The predicted molar refractivity (Wildman–Crippen MR) is 105 cm³/mol. The maximum absolute atomic E-state index is 13.0. The molecule has 1 amide bonds. The molecule has 5 heteroatoms. The summed E-state index contributed by atoms with van der Waals surface area (Å²) in [6.07, 6.45) is 3.32. The molecule has 0 unspecified atom stereocenters. The summed E-state index contributed by atoms with van der Waals surface area (Å²) in [5.74, 6) is 1.87. The van der Waals surface area contributed by atoms with Crippen molar-refractivity contribution in [2.75, 3.05) is 19.6 Å². The topological polar surface area (TPSA) is 50.4 Å². The summed E-state index contributed by atoms with van der Waals surface area (Å²) < 4.78 is 6.06. The average Bonchev–Trinajstić information content (AvgIpc) is 2.63. The SMILES string of the molecule is Cl.O=C1NCCc2cccc(c2)Oc2cccc(c2)CC12CCNCC2. The Balaban J connectivity index is 0.00000196. The Morgan fingerprint density at radius 3 is 2.27 bits per heavy atom. The van der Waals surface area contributed by atoms with Gasteiger partial charge in [0.15, 0.2) is 0 Å². The maximum atomic E-state index is 13.0. The van der Waals surface area contributed by atoms with Crippen molar-refractivity contribution in [1.29, 1.82) is 0 Å². The van der Waals surface area contributed by atoms with Crippen molar-refractivity contribution >= 4 is 18.3 Å². The highest BCUT2D eigenvalue weighted by Gasteiger charge is 2.39. The van der Waals surface area contributed by atoms with Gasteiger partial charge < -0.3 is 15.4 Å². The van der Waals surface area contributed by atoms with E-state index < -0.39 is 0 Å². The van der Waals surface area contributed by atoms with Gasteiger partial charge in [0, 0.05) is 6.54 Å². The molecule has 4 rings (SSSR count). The molecule has 2 heterocycles. The molecule has 2 aromatic carbocycles. The Hall–Kier alpha value is -2.04. The molecule has 0 radical (unpaired) electrons. The van der Waals surface area contributed by atoms with E-state index >= 15 is 0 Å². The van der Waals surface area contributed by atoms with Crippen LogP contribution >= 0.6 is 12.4 Å². The molecule has 0 aliphatic carbocycles. The molecule has 1 saturated heterocycles. The number of halogens is 1. The van der Waals surface area contributed by atoms with Crippen LogP contribution in [0.15, 0.2) is 48.5 Å². The molecule has 26 heavy (non-hydrogen) atoms. The molecule has 4 nitrogen and oxygen atoms in total. The van der Waals surface area contributed by atoms with Crippen LogP contribution in [0.25, 0.3) is 0 Å². The number of ether oxygens (including phenoxy) is 1. The third-order valence-electron chi connectivity index (χ3n) is 5.32. The molecule has 2 aromatic rings. The normalized spacial score (nSPS) is 19.0. The summed E-state index contributed by atoms with van der Waals surface area (Å²) in [5, 5.41) is 6.57. The second kappa shape index (κ2) is 8.11. The van der Waals surface area contributed by atoms with E-state index in [2.05, 4.69) is 34.9 Å². The smallest absolute Gasteiger partial charge is 0.226 e. The lowest BCUT2D eigenvalue weighted by Gasteiger charge is -2.36. The number of rotatable bonds is 0. The summed E-state index contributed by atoms with van der Waals surface area (Å²) in [7, 11) is 0. The molecule has 1 fully saturated rings. The van der Waals surface area contributed by atoms with Crippen molar-refractivity contribution in [2.24, 2.45) is 5.41 Å². The zero-order chi connectivity index (χ0) is 17.1. The molecule has 0 saturated carbocycles. The highest BCUT2D eigenvalue weighted by atomic mass is 35.5. The monoisotopic (exact) mass is 372 g/mol. The number of piperidine rings is 1. The fraction of sp³-hybridized carbons (Fsp3) is 0.381. The molecule has 2 aliphatic rings. The van der Waals surface area contributed by atoms with Gasteiger partial charge in [-0.3, -0.25) is 4.79 Å². The number of hydrogen-bond acceptors (Lipinski definition) is 3. The van der Waals surface area contributed by atoms with Gasteiger partial charge in [-0.1, -0.05) is 24.3 Å². The molecule has 2 N–H and O–H groups in total. The zero-order valence-corrected chi connectivity index (χ0v) is 15.6. The van der Waals surface area contributed by atoms with Gasteiger partial charge in [0.05, 0.1) is 5.41 Å². The van der Waals surface area contributed by atoms with Crippen molar-refractivity contribution in [3.05, 3.63) is 59.7 Å². The summed E-state index contributed by atoms with van der Waals surface area (Å²) >= 11 is 0. The van der Waals surface area contributed by atoms with Gasteiger partial charge in [-0.25, -0.2) is 0 Å². The molecule has 1 spiro atoms. The minimum Gasteiger partial charge on any atom is -0.457 e. The Kier molecular flexibility index (Phi) is 5.84. The molecular weight excluding hydrogens is 348 g/mol. The quantitative estimate of drug-likeness (QED) is 0.744. The second-order valence-electron chi connectivity index (χ2n) is 7.11. The molecule has 138 valence electrons. The maximum Gasteiger partial charge on any atom is 0.226 e. The molecule has 0 aromatic heterocycles. The third-order valence-corrected chi connectivity index (χ3v) is 5.32. The van der Waals surface area contributed by atoms with E-state index in [9.17, 15) is 4.79 Å². The Bertz CT molecular complexity index is 772. The first-order chi connectivity index (χ1) is 12.2. The minimum absolute atomic E-state index is 0. The van der Waals surface area contributed by atoms with Gasteiger partial charge in [-0.15, -0.1) is 12.4 Å². The van der Waals surface area contributed by atoms with Crippen LogP contribution in [0.2, 0.25) is 0 Å². The van der Waals surface area contributed by atoms with Crippen molar-refractivity contribution < 1.29 is 9.53 Å². The lowest BCUT2D eigenvalue weighted by atomic mass is 9.73. The number of nitrogens with one attached hydrogen (secondary N) is 2. The first-order valence-electron chi connectivity index (χ1n) is 9.08.